The lowest BCUT2D eigenvalue weighted by Crippen LogP contribution is -2.20. The zero-order valence-electron chi connectivity index (χ0n) is 11.7. The molecule has 0 unspecified atom stereocenters. The quantitative estimate of drug-likeness (QED) is 0.159. The molecule has 0 radical (unpaired) electrons. The van der Waals surface area contributed by atoms with Crippen LogP contribution in [0.3, 0.4) is 0 Å². The molecular formula is C12H26N2O5. The molecule has 0 atom stereocenters. The van der Waals surface area contributed by atoms with E-state index in [4.69, 9.17) is 29.9 Å². The number of amidine groups is 1. The highest BCUT2D eigenvalue weighted by molar-refractivity contribution is 5.80. The summed E-state index contributed by atoms with van der Waals surface area (Å²) in [6.45, 7) is 6.16. The molecule has 0 aliphatic rings. The van der Waals surface area contributed by atoms with E-state index in [0.29, 0.717) is 39.6 Å². The van der Waals surface area contributed by atoms with E-state index >= 15 is 0 Å². The summed E-state index contributed by atoms with van der Waals surface area (Å²) in [5.41, 5.74) is 5.21. The van der Waals surface area contributed by atoms with Gasteiger partial charge in [0.25, 0.3) is 0 Å². The van der Waals surface area contributed by atoms with E-state index in [2.05, 4.69) is 12.1 Å². The zero-order valence-corrected chi connectivity index (χ0v) is 11.7. The Balaban J connectivity index is 2.99. The van der Waals surface area contributed by atoms with Crippen molar-refractivity contribution in [3.05, 3.63) is 0 Å². The first-order valence-corrected chi connectivity index (χ1v) is 6.58. The molecule has 0 aliphatic carbocycles. The number of ether oxygens (including phenoxy) is 4. The Morgan fingerprint density at radius 3 is 1.84 bits per heavy atom. The summed E-state index contributed by atoms with van der Waals surface area (Å²) in [6.07, 6.45) is 2.24. The Morgan fingerprint density at radius 2 is 1.37 bits per heavy atom. The second-order valence-corrected chi connectivity index (χ2v) is 3.83. The first-order valence-electron chi connectivity index (χ1n) is 6.58. The van der Waals surface area contributed by atoms with Crippen molar-refractivity contribution >= 4 is 5.84 Å². The van der Waals surface area contributed by atoms with Gasteiger partial charge in [-0.25, -0.2) is 0 Å². The number of unbranched alkanes of at least 4 members (excludes halogenated alkanes) is 1. The molecular weight excluding hydrogens is 252 g/mol. The summed E-state index contributed by atoms with van der Waals surface area (Å²) in [6, 6.07) is 0. The van der Waals surface area contributed by atoms with E-state index in [1.807, 2.05) is 0 Å². The van der Waals surface area contributed by atoms with Gasteiger partial charge in [-0.2, -0.15) is 0 Å². The predicted octanol–water partition coefficient (Wildman–Crippen LogP) is 0.599. The first-order chi connectivity index (χ1) is 9.31. The molecule has 3 N–H and O–H groups in total. The largest absolute Gasteiger partial charge is 0.409 e. The van der Waals surface area contributed by atoms with Crippen LogP contribution in [0.15, 0.2) is 5.16 Å². The standard InChI is InChI=1S/C12H26N2O5/c1-2-3-4-16-5-6-17-7-8-18-9-10-19-11-12(13)14-15/h15H,2-11H2,1H3,(H2,13,14). The van der Waals surface area contributed by atoms with Crippen LogP contribution in [0.1, 0.15) is 19.8 Å². The molecule has 0 bridgehead atoms. The monoisotopic (exact) mass is 278 g/mol. The molecule has 0 aromatic carbocycles. The van der Waals surface area contributed by atoms with Gasteiger partial charge < -0.3 is 29.9 Å². The zero-order chi connectivity index (χ0) is 14.2. The van der Waals surface area contributed by atoms with E-state index < -0.39 is 0 Å². The van der Waals surface area contributed by atoms with Gasteiger partial charge >= 0.3 is 0 Å². The minimum atomic E-state index is 0.0476. The van der Waals surface area contributed by atoms with Crippen LogP contribution in [0.2, 0.25) is 0 Å². The van der Waals surface area contributed by atoms with Gasteiger partial charge in [-0.3, -0.25) is 0 Å². The van der Waals surface area contributed by atoms with Gasteiger partial charge in [-0.15, -0.1) is 0 Å². The molecule has 19 heavy (non-hydrogen) atoms. The second-order valence-electron chi connectivity index (χ2n) is 3.83. The van der Waals surface area contributed by atoms with Gasteiger partial charge in [0.15, 0.2) is 5.84 Å². The fraction of sp³-hybridized carbons (Fsp3) is 0.917. The summed E-state index contributed by atoms with van der Waals surface area (Å²) in [7, 11) is 0. The molecule has 0 aromatic heterocycles. The van der Waals surface area contributed by atoms with Crippen LogP contribution in [0.25, 0.3) is 0 Å². The fourth-order valence-electron chi connectivity index (χ4n) is 1.11. The Bertz CT molecular complexity index is 214. The van der Waals surface area contributed by atoms with Gasteiger partial charge in [0, 0.05) is 6.61 Å². The maximum Gasteiger partial charge on any atom is 0.165 e. The Labute approximate surface area is 114 Å². The van der Waals surface area contributed by atoms with Crippen LogP contribution >= 0.6 is 0 Å². The number of nitrogens with zero attached hydrogens (tertiary/aromatic N) is 1. The highest BCUT2D eigenvalue weighted by atomic mass is 16.6. The molecule has 0 aromatic rings. The van der Waals surface area contributed by atoms with Gasteiger partial charge in [0.1, 0.15) is 6.61 Å². The highest BCUT2D eigenvalue weighted by Gasteiger charge is 1.94. The second kappa shape index (κ2) is 15.2. The Morgan fingerprint density at radius 1 is 0.895 bits per heavy atom. The molecule has 0 heterocycles. The SMILES string of the molecule is CCCCOCCOCCOCCOCC(N)=NO. The first kappa shape index (κ1) is 18.1. The third-order valence-electron chi connectivity index (χ3n) is 2.14. The number of hydrogen-bond acceptors (Lipinski definition) is 6. The molecule has 7 nitrogen and oxygen atoms in total. The van der Waals surface area contributed by atoms with Crippen molar-refractivity contribution in [2.45, 2.75) is 19.8 Å². The number of hydrogen-bond donors (Lipinski definition) is 2. The number of nitrogens with two attached hydrogens (primary N) is 1. The lowest BCUT2D eigenvalue weighted by atomic mass is 10.4. The van der Waals surface area contributed by atoms with Gasteiger partial charge in [0.05, 0.1) is 39.6 Å². The van der Waals surface area contributed by atoms with Crippen LogP contribution in [0.4, 0.5) is 0 Å². The molecule has 0 amide bonds. The Hall–Kier alpha value is -0.890. The summed E-state index contributed by atoms with van der Waals surface area (Å²) in [5.74, 6) is 0.0476. The molecule has 7 heteroatoms. The van der Waals surface area contributed by atoms with E-state index in [1.54, 1.807) is 0 Å². The fourth-order valence-corrected chi connectivity index (χ4v) is 1.11. The van der Waals surface area contributed by atoms with Crippen molar-refractivity contribution < 1.29 is 24.2 Å². The normalized spacial score (nSPS) is 11.9. The third-order valence-corrected chi connectivity index (χ3v) is 2.14. The average Bonchev–Trinajstić information content (AvgIpc) is 2.43. The molecule has 0 saturated carbocycles. The van der Waals surface area contributed by atoms with Gasteiger partial charge in [-0.05, 0) is 6.42 Å². The molecule has 0 saturated heterocycles. The lowest BCUT2D eigenvalue weighted by Gasteiger charge is -2.07. The molecule has 0 spiro atoms. The average molecular weight is 278 g/mol. The van der Waals surface area contributed by atoms with Crippen LogP contribution in [0.5, 0.6) is 0 Å². The van der Waals surface area contributed by atoms with E-state index in [-0.39, 0.29) is 12.4 Å². The van der Waals surface area contributed by atoms with Crippen molar-refractivity contribution in [2.75, 3.05) is 52.9 Å². The van der Waals surface area contributed by atoms with Crippen LogP contribution in [-0.2, 0) is 18.9 Å². The smallest absolute Gasteiger partial charge is 0.165 e. The lowest BCUT2D eigenvalue weighted by molar-refractivity contribution is 0.00128. The molecule has 0 rings (SSSR count). The maximum atomic E-state index is 8.25. The van der Waals surface area contributed by atoms with Crippen molar-refractivity contribution in [2.24, 2.45) is 10.9 Å². The van der Waals surface area contributed by atoms with Crippen LogP contribution in [0, 0.1) is 0 Å². The summed E-state index contributed by atoms with van der Waals surface area (Å²) < 4.78 is 21.0. The van der Waals surface area contributed by atoms with E-state index in [9.17, 15) is 0 Å². The van der Waals surface area contributed by atoms with Crippen molar-refractivity contribution in [3.63, 3.8) is 0 Å². The van der Waals surface area contributed by atoms with Gasteiger partial charge in [0.2, 0.25) is 0 Å². The minimum absolute atomic E-state index is 0.0476. The summed E-state index contributed by atoms with van der Waals surface area (Å²) in [4.78, 5) is 0. The van der Waals surface area contributed by atoms with Crippen LogP contribution in [-0.4, -0.2) is 63.9 Å². The van der Waals surface area contributed by atoms with E-state index in [1.165, 1.54) is 0 Å². The summed E-state index contributed by atoms with van der Waals surface area (Å²) in [5, 5.41) is 11.0. The highest BCUT2D eigenvalue weighted by Crippen LogP contribution is 1.88. The molecule has 0 aliphatic heterocycles. The van der Waals surface area contributed by atoms with Crippen LogP contribution < -0.4 is 5.73 Å². The number of oxime groups is 1. The minimum Gasteiger partial charge on any atom is -0.409 e. The summed E-state index contributed by atoms with van der Waals surface area (Å²) >= 11 is 0. The maximum absolute atomic E-state index is 8.25. The third kappa shape index (κ3) is 15.1. The van der Waals surface area contributed by atoms with Crippen molar-refractivity contribution in [1.82, 2.24) is 0 Å². The Kier molecular flexibility index (Phi) is 14.5. The van der Waals surface area contributed by atoms with Crippen molar-refractivity contribution in [1.29, 1.82) is 0 Å². The van der Waals surface area contributed by atoms with Gasteiger partial charge in [-0.1, -0.05) is 18.5 Å². The molecule has 0 fully saturated rings. The number of rotatable bonds is 14. The topological polar surface area (TPSA) is 95.5 Å². The van der Waals surface area contributed by atoms with E-state index in [0.717, 1.165) is 19.4 Å². The predicted molar refractivity (Wildman–Crippen MR) is 71.6 cm³/mol. The van der Waals surface area contributed by atoms with Crippen molar-refractivity contribution in [3.8, 4) is 0 Å². The molecule has 114 valence electrons.